The van der Waals surface area contributed by atoms with Gasteiger partial charge in [-0.05, 0) is 40.8 Å². The van der Waals surface area contributed by atoms with Crippen molar-refractivity contribution in [1.29, 1.82) is 0 Å². The van der Waals surface area contributed by atoms with Crippen LogP contribution in [0, 0.1) is 0 Å². The summed E-state index contributed by atoms with van der Waals surface area (Å²) in [6.07, 6.45) is 1.02. The van der Waals surface area contributed by atoms with Gasteiger partial charge in [-0.25, -0.2) is 0 Å². The minimum absolute atomic E-state index is 0.852. The third kappa shape index (κ3) is 1.48. The summed E-state index contributed by atoms with van der Waals surface area (Å²) < 4.78 is 0. The first-order valence-corrected chi connectivity index (χ1v) is 5.85. The van der Waals surface area contributed by atoms with Crippen LogP contribution in [0.4, 0.5) is 11.4 Å². The maximum absolute atomic E-state index is 6.11. The molecule has 0 fully saturated rings. The van der Waals surface area contributed by atoms with Crippen LogP contribution >= 0.6 is 0 Å². The van der Waals surface area contributed by atoms with E-state index in [1.165, 1.54) is 22.3 Å². The van der Waals surface area contributed by atoms with Crippen LogP contribution in [-0.2, 0) is 6.42 Å². The summed E-state index contributed by atoms with van der Waals surface area (Å²) >= 11 is 0. The maximum Gasteiger partial charge on any atom is 0.0598 e. The van der Waals surface area contributed by atoms with Crippen LogP contribution in [0.5, 0.6) is 0 Å². The van der Waals surface area contributed by atoms with E-state index in [2.05, 4.69) is 41.3 Å². The van der Waals surface area contributed by atoms with Crippen LogP contribution in [0.3, 0.4) is 0 Å². The highest BCUT2D eigenvalue weighted by molar-refractivity contribution is 5.84. The highest BCUT2D eigenvalue weighted by atomic mass is 15.1. The van der Waals surface area contributed by atoms with Gasteiger partial charge in [-0.1, -0.05) is 24.3 Å². The second-order valence-electron chi connectivity index (χ2n) is 4.80. The number of benzene rings is 2. The zero-order valence-corrected chi connectivity index (χ0v) is 10.2. The highest BCUT2D eigenvalue weighted by Crippen LogP contribution is 2.40. The van der Waals surface area contributed by atoms with Crippen molar-refractivity contribution in [2.45, 2.75) is 6.42 Å². The average Bonchev–Trinajstić information content (AvgIpc) is 2.65. The van der Waals surface area contributed by atoms with E-state index >= 15 is 0 Å². The first-order valence-electron chi connectivity index (χ1n) is 5.85. The number of hydrogen-bond acceptors (Lipinski definition) is 2. The molecule has 1 aliphatic carbocycles. The Bertz CT molecular complexity index is 585. The first-order chi connectivity index (χ1) is 8.16. The van der Waals surface area contributed by atoms with Crippen molar-refractivity contribution in [3.05, 3.63) is 47.5 Å². The van der Waals surface area contributed by atoms with Crippen LogP contribution < -0.4 is 10.6 Å². The minimum atomic E-state index is 0.852. The van der Waals surface area contributed by atoms with E-state index in [0.29, 0.717) is 0 Å². The summed E-state index contributed by atoms with van der Waals surface area (Å²) in [6, 6.07) is 12.9. The SMILES string of the molecule is CN(C)c1cc2c(cc1N)-c1ccccc1C2. The third-order valence-electron chi connectivity index (χ3n) is 3.42. The van der Waals surface area contributed by atoms with Gasteiger partial charge in [0.1, 0.15) is 0 Å². The Hall–Kier alpha value is -1.96. The molecule has 0 saturated carbocycles. The van der Waals surface area contributed by atoms with Crippen LogP contribution in [0.15, 0.2) is 36.4 Å². The quantitative estimate of drug-likeness (QED) is 0.644. The molecule has 0 aromatic heterocycles. The summed E-state index contributed by atoms with van der Waals surface area (Å²) in [7, 11) is 4.06. The molecule has 2 nitrogen and oxygen atoms in total. The van der Waals surface area contributed by atoms with E-state index in [0.717, 1.165) is 17.8 Å². The van der Waals surface area contributed by atoms with E-state index in [1.54, 1.807) is 0 Å². The molecular formula is C15H16N2. The van der Waals surface area contributed by atoms with E-state index in [4.69, 9.17) is 5.73 Å². The number of nitrogen functional groups attached to an aromatic ring is 1. The lowest BCUT2D eigenvalue weighted by Gasteiger charge is -2.17. The summed E-state index contributed by atoms with van der Waals surface area (Å²) in [5.41, 5.74) is 13.5. The van der Waals surface area contributed by atoms with Gasteiger partial charge in [0.25, 0.3) is 0 Å². The van der Waals surface area contributed by atoms with Crippen LogP contribution in [-0.4, -0.2) is 14.1 Å². The molecule has 2 aromatic rings. The molecule has 86 valence electrons. The minimum Gasteiger partial charge on any atom is -0.397 e. The van der Waals surface area contributed by atoms with Gasteiger partial charge in [-0.3, -0.25) is 0 Å². The second kappa shape index (κ2) is 3.52. The van der Waals surface area contributed by atoms with Gasteiger partial charge in [-0.2, -0.15) is 0 Å². The Morgan fingerprint density at radius 3 is 2.53 bits per heavy atom. The normalized spacial score (nSPS) is 12.1. The molecule has 0 unspecified atom stereocenters. The fraction of sp³-hybridized carbons (Fsp3) is 0.200. The maximum atomic E-state index is 6.11. The number of fused-ring (bicyclic) bond motifs is 3. The Balaban J connectivity index is 2.20. The number of nitrogens with two attached hydrogens (primary N) is 1. The van der Waals surface area contributed by atoms with Gasteiger partial charge in [0.15, 0.2) is 0 Å². The largest absolute Gasteiger partial charge is 0.397 e. The summed E-state index contributed by atoms with van der Waals surface area (Å²) in [5, 5.41) is 0. The topological polar surface area (TPSA) is 29.3 Å². The molecule has 0 saturated heterocycles. The number of rotatable bonds is 1. The molecule has 2 aromatic carbocycles. The molecule has 0 amide bonds. The molecule has 0 radical (unpaired) electrons. The van der Waals surface area contributed by atoms with E-state index in [-0.39, 0.29) is 0 Å². The van der Waals surface area contributed by atoms with Gasteiger partial charge < -0.3 is 10.6 Å². The van der Waals surface area contributed by atoms with E-state index < -0.39 is 0 Å². The zero-order chi connectivity index (χ0) is 12.0. The molecule has 0 atom stereocenters. The summed E-state index contributed by atoms with van der Waals surface area (Å²) in [5.74, 6) is 0. The predicted molar refractivity (Wildman–Crippen MR) is 73.4 cm³/mol. The lowest BCUT2D eigenvalue weighted by Crippen LogP contribution is -2.11. The summed E-state index contributed by atoms with van der Waals surface area (Å²) in [6.45, 7) is 0. The Labute approximate surface area is 102 Å². The fourth-order valence-electron chi connectivity index (χ4n) is 2.57. The molecule has 1 aliphatic rings. The van der Waals surface area contributed by atoms with Crippen molar-refractivity contribution in [3.63, 3.8) is 0 Å². The molecule has 0 aliphatic heterocycles. The Kier molecular flexibility index (Phi) is 2.11. The molecule has 2 N–H and O–H groups in total. The fourth-order valence-corrected chi connectivity index (χ4v) is 2.57. The third-order valence-corrected chi connectivity index (χ3v) is 3.42. The van der Waals surface area contributed by atoms with Crippen molar-refractivity contribution in [3.8, 4) is 11.1 Å². The molecule has 17 heavy (non-hydrogen) atoms. The van der Waals surface area contributed by atoms with Crippen LogP contribution in [0.2, 0.25) is 0 Å². The van der Waals surface area contributed by atoms with Crippen LogP contribution in [0.1, 0.15) is 11.1 Å². The standard InChI is InChI=1S/C15H16N2/c1-17(2)15-8-11-7-10-5-3-4-6-12(10)13(11)9-14(15)16/h3-6,8-9H,7,16H2,1-2H3. The van der Waals surface area contributed by atoms with E-state index in [9.17, 15) is 0 Å². The molecule has 3 rings (SSSR count). The van der Waals surface area contributed by atoms with Crippen molar-refractivity contribution in [1.82, 2.24) is 0 Å². The number of anilines is 2. The molecule has 0 spiro atoms. The van der Waals surface area contributed by atoms with Gasteiger partial charge in [-0.15, -0.1) is 0 Å². The average molecular weight is 224 g/mol. The van der Waals surface area contributed by atoms with Gasteiger partial charge >= 0.3 is 0 Å². The zero-order valence-electron chi connectivity index (χ0n) is 10.2. The second-order valence-corrected chi connectivity index (χ2v) is 4.80. The van der Waals surface area contributed by atoms with Crippen molar-refractivity contribution in [2.24, 2.45) is 0 Å². The van der Waals surface area contributed by atoms with Crippen molar-refractivity contribution >= 4 is 11.4 Å². The Morgan fingerprint density at radius 2 is 1.76 bits per heavy atom. The lowest BCUT2D eigenvalue weighted by molar-refractivity contribution is 1.12. The van der Waals surface area contributed by atoms with Crippen molar-refractivity contribution in [2.75, 3.05) is 24.7 Å². The molecular weight excluding hydrogens is 208 g/mol. The monoisotopic (exact) mass is 224 g/mol. The highest BCUT2D eigenvalue weighted by Gasteiger charge is 2.19. The summed E-state index contributed by atoms with van der Waals surface area (Å²) in [4.78, 5) is 2.07. The molecule has 0 heterocycles. The van der Waals surface area contributed by atoms with Gasteiger partial charge in [0.05, 0.1) is 11.4 Å². The molecule has 2 heteroatoms. The van der Waals surface area contributed by atoms with Gasteiger partial charge in [0.2, 0.25) is 0 Å². The van der Waals surface area contributed by atoms with Crippen LogP contribution in [0.25, 0.3) is 11.1 Å². The smallest absolute Gasteiger partial charge is 0.0598 e. The van der Waals surface area contributed by atoms with E-state index in [1.807, 2.05) is 14.1 Å². The van der Waals surface area contributed by atoms with Gasteiger partial charge in [0, 0.05) is 14.1 Å². The Morgan fingerprint density at radius 1 is 1.00 bits per heavy atom. The predicted octanol–water partition coefficient (Wildman–Crippen LogP) is 2.91. The van der Waals surface area contributed by atoms with Crippen molar-refractivity contribution < 1.29 is 0 Å². The molecule has 0 bridgehead atoms. The lowest BCUT2D eigenvalue weighted by atomic mass is 10.0. The number of nitrogens with zero attached hydrogens (tertiary/aromatic N) is 1. The number of hydrogen-bond donors (Lipinski definition) is 1. The first kappa shape index (κ1) is 10.2.